The monoisotopic (exact) mass is 508 g/mol. The van der Waals surface area contributed by atoms with E-state index < -0.39 is 16.1 Å². The summed E-state index contributed by atoms with van der Waals surface area (Å²) in [6.07, 6.45) is 1.26. The molecule has 0 radical (unpaired) electrons. The first-order valence-electron chi connectivity index (χ1n) is 10.3. The summed E-state index contributed by atoms with van der Waals surface area (Å²) in [5.41, 5.74) is 0.626. The second-order valence-electron chi connectivity index (χ2n) is 7.50. The van der Waals surface area contributed by atoms with Gasteiger partial charge in [-0.1, -0.05) is 17.7 Å². The van der Waals surface area contributed by atoms with Crippen LogP contribution >= 0.6 is 22.9 Å². The van der Waals surface area contributed by atoms with Gasteiger partial charge < -0.3 is 19.5 Å². The molecule has 1 atom stereocenters. The van der Waals surface area contributed by atoms with E-state index in [0.29, 0.717) is 36.2 Å². The summed E-state index contributed by atoms with van der Waals surface area (Å²) in [4.78, 5) is 9.97. The Labute approximate surface area is 200 Å². The average molecular weight is 509 g/mol. The number of morpholine rings is 1. The molecule has 5 rings (SSSR count). The molecule has 1 fully saturated rings. The van der Waals surface area contributed by atoms with Crippen molar-refractivity contribution in [1.29, 1.82) is 0 Å². The van der Waals surface area contributed by atoms with Crippen molar-refractivity contribution in [2.24, 2.45) is 0 Å². The third-order valence-electron chi connectivity index (χ3n) is 5.20. The topological polar surface area (TPSA) is 103 Å². The number of anilines is 2. The average Bonchev–Trinajstić information content (AvgIpc) is 3.23. The lowest BCUT2D eigenvalue weighted by atomic mass is 10.2. The highest BCUT2D eigenvalue weighted by atomic mass is 35.5. The molecule has 12 heteroatoms. The number of ether oxygens (including phenoxy) is 3. The number of sulfonamides is 1. The lowest BCUT2D eigenvalue weighted by molar-refractivity contribution is -0.00486. The van der Waals surface area contributed by atoms with Crippen molar-refractivity contribution >= 4 is 43.9 Å². The Morgan fingerprint density at radius 1 is 1.18 bits per heavy atom. The number of thiazole rings is 1. The zero-order valence-electron chi connectivity index (χ0n) is 17.7. The van der Waals surface area contributed by atoms with Gasteiger partial charge in [0.2, 0.25) is 10.0 Å². The fourth-order valence-corrected chi connectivity index (χ4v) is 6.23. The molecule has 0 saturated carbocycles. The molecule has 1 unspecified atom stereocenters. The van der Waals surface area contributed by atoms with Crippen LogP contribution in [-0.2, 0) is 14.8 Å². The molecule has 4 heterocycles. The second-order valence-corrected chi connectivity index (χ2v) is 11.0. The van der Waals surface area contributed by atoms with Gasteiger partial charge in [0.25, 0.3) is 0 Å². The highest BCUT2D eigenvalue weighted by molar-refractivity contribution is 7.89. The number of halogens is 1. The largest absolute Gasteiger partial charge is 0.486 e. The maximum absolute atomic E-state index is 13.4. The van der Waals surface area contributed by atoms with Crippen LogP contribution in [0.2, 0.25) is 5.02 Å². The SMILES string of the molecule is Cc1cnc(Nc2cccc(C3CN(S(=O)(=O)c4cc5c(cc4Cl)OCCO5)CCO3)n2)s1. The molecule has 0 bridgehead atoms. The van der Waals surface area contributed by atoms with Crippen LogP contribution in [-0.4, -0.2) is 55.6 Å². The number of aromatic nitrogens is 2. The van der Waals surface area contributed by atoms with Gasteiger partial charge in [0.1, 0.15) is 30.0 Å². The predicted octanol–water partition coefficient (Wildman–Crippen LogP) is 3.78. The number of nitrogens with zero attached hydrogens (tertiary/aromatic N) is 3. The van der Waals surface area contributed by atoms with Gasteiger partial charge in [-0.25, -0.2) is 18.4 Å². The van der Waals surface area contributed by atoms with Crippen molar-refractivity contribution < 1.29 is 22.6 Å². The number of pyridine rings is 1. The molecule has 2 aliphatic heterocycles. The summed E-state index contributed by atoms with van der Waals surface area (Å²) in [6, 6.07) is 8.40. The van der Waals surface area contributed by atoms with Gasteiger partial charge in [0.05, 0.1) is 17.3 Å². The number of rotatable bonds is 5. The van der Waals surface area contributed by atoms with Crippen molar-refractivity contribution in [3.05, 3.63) is 52.1 Å². The Kier molecular flexibility index (Phi) is 6.14. The van der Waals surface area contributed by atoms with E-state index >= 15 is 0 Å². The van der Waals surface area contributed by atoms with Gasteiger partial charge in [-0.3, -0.25) is 0 Å². The lowest BCUT2D eigenvalue weighted by Gasteiger charge is -2.32. The third kappa shape index (κ3) is 4.64. The highest BCUT2D eigenvalue weighted by Crippen LogP contribution is 2.39. The molecule has 2 aromatic heterocycles. The zero-order valence-corrected chi connectivity index (χ0v) is 20.0. The minimum atomic E-state index is -3.89. The van der Waals surface area contributed by atoms with Crippen LogP contribution in [0, 0.1) is 6.92 Å². The number of aryl methyl sites for hydroxylation is 1. The Bertz CT molecular complexity index is 1280. The van der Waals surface area contributed by atoms with Gasteiger partial charge in [0.15, 0.2) is 16.6 Å². The predicted molar refractivity (Wildman–Crippen MR) is 124 cm³/mol. The molecule has 9 nitrogen and oxygen atoms in total. The van der Waals surface area contributed by atoms with E-state index in [0.717, 1.165) is 10.0 Å². The first kappa shape index (κ1) is 22.4. The van der Waals surface area contributed by atoms with Gasteiger partial charge in [-0.15, -0.1) is 11.3 Å². The molecule has 0 amide bonds. The van der Waals surface area contributed by atoms with Gasteiger partial charge >= 0.3 is 0 Å². The van der Waals surface area contributed by atoms with E-state index in [9.17, 15) is 8.42 Å². The first-order chi connectivity index (χ1) is 15.9. The van der Waals surface area contributed by atoms with Crippen LogP contribution in [0.5, 0.6) is 11.5 Å². The van der Waals surface area contributed by atoms with Crippen LogP contribution in [0.25, 0.3) is 0 Å². The Balaban J connectivity index is 1.37. The maximum Gasteiger partial charge on any atom is 0.244 e. The summed E-state index contributed by atoms with van der Waals surface area (Å²) in [7, 11) is -3.89. The number of nitrogens with one attached hydrogen (secondary N) is 1. The van der Waals surface area contributed by atoms with E-state index in [-0.39, 0.29) is 29.6 Å². The van der Waals surface area contributed by atoms with Gasteiger partial charge in [0, 0.05) is 36.3 Å². The summed E-state index contributed by atoms with van der Waals surface area (Å²) in [5, 5.41) is 4.00. The molecule has 1 aromatic carbocycles. The van der Waals surface area contributed by atoms with E-state index in [2.05, 4.69) is 15.3 Å². The zero-order chi connectivity index (χ0) is 23.0. The fourth-order valence-electron chi connectivity index (χ4n) is 3.63. The van der Waals surface area contributed by atoms with Crippen molar-refractivity contribution in [3.63, 3.8) is 0 Å². The smallest absolute Gasteiger partial charge is 0.244 e. The van der Waals surface area contributed by atoms with Crippen LogP contribution in [0.15, 0.2) is 41.4 Å². The molecular formula is C21H21ClN4O5S2. The lowest BCUT2D eigenvalue weighted by Crippen LogP contribution is -2.42. The van der Waals surface area contributed by atoms with Crippen LogP contribution < -0.4 is 14.8 Å². The normalized spacial score (nSPS) is 18.8. The highest BCUT2D eigenvalue weighted by Gasteiger charge is 2.34. The standard InChI is InChI=1S/C21H21ClN4O5S2/c1-13-11-23-21(32-13)25-20-4-2-3-15(24-20)18-12-26(5-6-29-18)33(27,28)19-10-17-16(9-14(19)22)30-7-8-31-17/h2-4,9-11,18H,5-8,12H2,1H3,(H,23,24,25). The van der Waals surface area contributed by atoms with Crippen molar-refractivity contribution in [3.8, 4) is 11.5 Å². The van der Waals surface area contributed by atoms with Crippen LogP contribution in [0.4, 0.5) is 10.9 Å². The molecule has 3 aromatic rings. The van der Waals surface area contributed by atoms with Crippen molar-refractivity contribution in [1.82, 2.24) is 14.3 Å². The summed E-state index contributed by atoms with van der Waals surface area (Å²) >= 11 is 7.84. The van der Waals surface area contributed by atoms with Crippen molar-refractivity contribution in [2.45, 2.75) is 17.9 Å². The Morgan fingerprint density at radius 2 is 1.97 bits per heavy atom. The first-order valence-corrected chi connectivity index (χ1v) is 12.9. The number of hydrogen-bond donors (Lipinski definition) is 1. The molecular weight excluding hydrogens is 488 g/mol. The van der Waals surface area contributed by atoms with Gasteiger partial charge in [-0.05, 0) is 19.1 Å². The van der Waals surface area contributed by atoms with E-state index in [1.165, 1.54) is 27.8 Å². The minimum Gasteiger partial charge on any atom is -0.486 e. The Morgan fingerprint density at radius 3 is 2.73 bits per heavy atom. The molecule has 174 valence electrons. The fraction of sp³-hybridized carbons (Fsp3) is 0.333. The van der Waals surface area contributed by atoms with Crippen LogP contribution in [0.3, 0.4) is 0 Å². The molecule has 33 heavy (non-hydrogen) atoms. The maximum atomic E-state index is 13.4. The van der Waals surface area contributed by atoms with Crippen molar-refractivity contribution in [2.75, 3.05) is 38.2 Å². The second kappa shape index (κ2) is 9.07. The van der Waals surface area contributed by atoms with E-state index in [4.69, 9.17) is 25.8 Å². The molecule has 1 saturated heterocycles. The summed E-state index contributed by atoms with van der Waals surface area (Å²) in [6.45, 7) is 3.27. The number of fused-ring (bicyclic) bond motifs is 1. The minimum absolute atomic E-state index is 0.0171. The Hall–Kier alpha value is -2.44. The summed E-state index contributed by atoms with van der Waals surface area (Å²) in [5.74, 6) is 1.42. The molecule has 1 N–H and O–H groups in total. The molecule has 0 spiro atoms. The summed E-state index contributed by atoms with van der Waals surface area (Å²) < 4.78 is 45.1. The third-order valence-corrected chi connectivity index (χ3v) is 8.36. The van der Waals surface area contributed by atoms with Crippen LogP contribution in [0.1, 0.15) is 16.7 Å². The van der Waals surface area contributed by atoms with E-state index in [1.807, 2.05) is 25.1 Å². The van der Waals surface area contributed by atoms with E-state index in [1.54, 1.807) is 6.20 Å². The molecule has 2 aliphatic rings. The number of benzene rings is 1. The molecule has 0 aliphatic carbocycles. The van der Waals surface area contributed by atoms with Gasteiger partial charge in [-0.2, -0.15) is 4.31 Å². The number of hydrogen-bond acceptors (Lipinski definition) is 9. The quantitative estimate of drug-likeness (QED) is 0.555.